The molecule has 2 aromatic carbocycles. The molecule has 1 N–H and O–H groups in total. The van der Waals surface area contributed by atoms with Gasteiger partial charge in [-0.3, -0.25) is 5.10 Å². The molecule has 0 unspecified atom stereocenters. The number of hydrogen-bond donors (Lipinski definition) is 1. The third-order valence-corrected chi connectivity index (χ3v) is 4.17. The molecular formula is C20H21FN4O2S. The summed E-state index contributed by atoms with van der Waals surface area (Å²) in [6, 6.07) is 11.8. The Morgan fingerprint density at radius 2 is 1.89 bits per heavy atom. The van der Waals surface area contributed by atoms with E-state index in [-0.39, 0.29) is 5.82 Å². The lowest BCUT2D eigenvalue weighted by molar-refractivity contribution is 0.323. The zero-order valence-corrected chi connectivity index (χ0v) is 16.5. The van der Waals surface area contributed by atoms with Crippen LogP contribution in [0.1, 0.15) is 30.8 Å². The molecule has 0 atom stereocenters. The minimum Gasteiger partial charge on any atom is -0.494 e. The number of benzene rings is 2. The van der Waals surface area contributed by atoms with E-state index in [1.54, 1.807) is 23.0 Å². The van der Waals surface area contributed by atoms with Gasteiger partial charge in [0.2, 0.25) is 4.77 Å². The van der Waals surface area contributed by atoms with E-state index in [4.69, 9.17) is 21.7 Å². The van der Waals surface area contributed by atoms with Gasteiger partial charge in [0.1, 0.15) is 17.3 Å². The quantitative estimate of drug-likeness (QED) is 0.451. The lowest BCUT2D eigenvalue weighted by atomic mass is 10.1. The molecule has 28 heavy (non-hydrogen) atoms. The Bertz CT molecular complexity index is 1010. The average Bonchev–Trinajstić information content (AvgIpc) is 3.03. The Morgan fingerprint density at radius 3 is 2.61 bits per heavy atom. The number of nitrogens with one attached hydrogen (secondary N) is 1. The topological polar surface area (TPSA) is 64.4 Å². The minimum atomic E-state index is -0.278. The molecule has 0 bridgehead atoms. The fraction of sp³-hybridized carbons (Fsp3) is 0.250. The molecule has 3 rings (SSSR count). The summed E-state index contributed by atoms with van der Waals surface area (Å²) in [6.07, 6.45) is 2.13. The van der Waals surface area contributed by atoms with Crippen molar-refractivity contribution in [2.24, 2.45) is 5.10 Å². The van der Waals surface area contributed by atoms with E-state index in [2.05, 4.69) is 15.3 Å². The van der Waals surface area contributed by atoms with E-state index in [1.165, 1.54) is 12.1 Å². The number of hydrogen-bond acceptors (Lipinski definition) is 5. The molecule has 0 spiro atoms. The van der Waals surface area contributed by atoms with Crippen molar-refractivity contribution < 1.29 is 13.9 Å². The number of rotatable bonds is 8. The molecule has 0 radical (unpaired) electrons. The van der Waals surface area contributed by atoms with E-state index in [9.17, 15) is 4.39 Å². The van der Waals surface area contributed by atoms with Crippen molar-refractivity contribution in [2.75, 3.05) is 13.2 Å². The molecule has 0 fully saturated rings. The summed E-state index contributed by atoms with van der Waals surface area (Å²) in [5.74, 6) is 1.75. The van der Waals surface area contributed by atoms with Gasteiger partial charge in [-0.15, -0.1) is 0 Å². The lowest BCUT2D eigenvalue weighted by Crippen LogP contribution is -2.02. The van der Waals surface area contributed by atoms with E-state index in [0.717, 1.165) is 16.9 Å². The van der Waals surface area contributed by atoms with Crippen LogP contribution in [-0.2, 0) is 6.42 Å². The highest BCUT2D eigenvalue weighted by molar-refractivity contribution is 7.71. The van der Waals surface area contributed by atoms with Gasteiger partial charge in [0.05, 0.1) is 19.4 Å². The van der Waals surface area contributed by atoms with Gasteiger partial charge >= 0.3 is 0 Å². The van der Waals surface area contributed by atoms with Crippen LogP contribution < -0.4 is 9.47 Å². The predicted molar refractivity (Wildman–Crippen MR) is 108 cm³/mol. The third kappa shape index (κ3) is 4.83. The number of H-pyrrole nitrogens is 1. The molecule has 0 saturated carbocycles. The van der Waals surface area contributed by atoms with E-state index in [0.29, 0.717) is 36.0 Å². The van der Waals surface area contributed by atoms with Crippen molar-refractivity contribution in [3.63, 3.8) is 0 Å². The molecule has 0 aliphatic heterocycles. The minimum absolute atomic E-state index is 0.278. The Hall–Kier alpha value is -3.00. The maximum Gasteiger partial charge on any atom is 0.216 e. The van der Waals surface area contributed by atoms with Gasteiger partial charge in [0, 0.05) is 18.1 Å². The van der Waals surface area contributed by atoms with Gasteiger partial charge < -0.3 is 9.47 Å². The van der Waals surface area contributed by atoms with Gasteiger partial charge in [-0.1, -0.05) is 12.1 Å². The van der Waals surface area contributed by atoms with Crippen LogP contribution in [0.3, 0.4) is 0 Å². The fourth-order valence-corrected chi connectivity index (χ4v) is 2.82. The van der Waals surface area contributed by atoms with Crippen LogP contribution in [0, 0.1) is 10.6 Å². The largest absolute Gasteiger partial charge is 0.494 e. The van der Waals surface area contributed by atoms with Gasteiger partial charge in [-0.25, -0.2) is 4.39 Å². The van der Waals surface area contributed by atoms with Crippen molar-refractivity contribution in [1.82, 2.24) is 14.9 Å². The molecular weight excluding hydrogens is 379 g/mol. The second-order valence-electron chi connectivity index (χ2n) is 5.87. The molecule has 1 aromatic heterocycles. The molecule has 0 amide bonds. The fourth-order valence-electron chi connectivity index (χ4n) is 2.62. The van der Waals surface area contributed by atoms with Crippen LogP contribution in [0.4, 0.5) is 4.39 Å². The first kappa shape index (κ1) is 19.8. The highest BCUT2D eigenvalue weighted by Crippen LogP contribution is 2.24. The highest BCUT2D eigenvalue weighted by atomic mass is 32.1. The zero-order chi connectivity index (χ0) is 19.9. The number of nitrogens with zero attached hydrogens (tertiary/aromatic N) is 3. The number of ether oxygens (including phenoxy) is 2. The van der Waals surface area contributed by atoms with Crippen LogP contribution in [0.15, 0.2) is 47.6 Å². The van der Waals surface area contributed by atoms with Crippen molar-refractivity contribution in [1.29, 1.82) is 0 Å². The van der Waals surface area contributed by atoms with Crippen LogP contribution in [0.25, 0.3) is 0 Å². The monoisotopic (exact) mass is 400 g/mol. The Labute approximate surface area is 167 Å². The van der Waals surface area contributed by atoms with Crippen molar-refractivity contribution in [3.05, 3.63) is 70.0 Å². The molecule has 6 nitrogen and oxygen atoms in total. The van der Waals surface area contributed by atoms with Crippen LogP contribution in [-0.4, -0.2) is 34.3 Å². The first-order valence-electron chi connectivity index (χ1n) is 8.95. The second-order valence-corrected chi connectivity index (χ2v) is 6.26. The smallest absolute Gasteiger partial charge is 0.216 e. The first-order chi connectivity index (χ1) is 13.6. The van der Waals surface area contributed by atoms with E-state index >= 15 is 0 Å². The van der Waals surface area contributed by atoms with Crippen LogP contribution >= 0.6 is 12.2 Å². The Kier molecular flexibility index (Phi) is 6.54. The summed E-state index contributed by atoms with van der Waals surface area (Å²) in [7, 11) is 0. The number of aromatic amines is 1. The maximum absolute atomic E-state index is 13.1. The highest BCUT2D eigenvalue weighted by Gasteiger charge is 2.08. The first-order valence-corrected chi connectivity index (χ1v) is 9.36. The molecule has 8 heteroatoms. The van der Waals surface area contributed by atoms with Crippen molar-refractivity contribution >= 4 is 18.4 Å². The lowest BCUT2D eigenvalue weighted by Gasteiger charge is -2.10. The number of halogens is 1. The molecule has 0 saturated heterocycles. The van der Waals surface area contributed by atoms with Gasteiger partial charge in [-0.2, -0.15) is 14.9 Å². The van der Waals surface area contributed by atoms with Gasteiger partial charge in [-0.05, 0) is 55.9 Å². The zero-order valence-electron chi connectivity index (χ0n) is 15.7. The maximum atomic E-state index is 13.1. The second kappa shape index (κ2) is 9.27. The van der Waals surface area contributed by atoms with Crippen LogP contribution in [0.2, 0.25) is 0 Å². The van der Waals surface area contributed by atoms with Crippen LogP contribution in [0.5, 0.6) is 11.5 Å². The summed E-state index contributed by atoms with van der Waals surface area (Å²) in [4.78, 5) is 0. The molecule has 1 heterocycles. The molecule has 3 aromatic rings. The summed E-state index contributed by atoms with van der Waals surface area (Å²) >= 11 is 5.28. The van der Waals surface area contributed by atoms with Crippen molar-refractivity contribution in [2.45, 2.75) is 20.3 Å². The predicted octanol–water partition coefficient (Wildman–Crippen LogP) is 4.35. The Morgan fingerprint density at radius 1 is 1.14 bits per heavy atom. The van der Waals surface area contributed by atoms with E-state index < -0.39 is 0 Å². The van der Waals surface area contributed by atoms with Gasteiger partial charge in [0.25, 0.3) is 0 Å². The summed E-state index contributed by atoms with van der Waals surface area (Å²) < 4.78 is 26.2. The molecule has 146 valence electrons. The summed E-state index contributed by atoms with van der Waals surface area (Å²) in [5.41, 5.74) is 1.70. The average molecular weight is 400 g/mol. The normalized spacial score (nSPS) is 11.1. The molecule has 0 aliphatic carbocycles. The SMILES string of the molecule is CCOc1ccc(/C=N\n2c(Cc3ccc(F)cc3)n[nH]c2=S)c(OCC)c1. The summed E-state index contributed by atoms with van der Waals surface area (Å²) in [6.45, 7) is 4.95. The Balaban J connectivity index is 1.87. The standard InChI is InChI=1S/C20H21FN4O2S/c1-3-26-17-10-7-15(18(12-17)27-4-2)13-22-25-19(23-24-20(25)28)11-14-5-8-16(21)9-6-14/h5-10,12-13H,3-4,11H2,1-2H3,(H,24,28)/b22-13-. The van der Waals surface area contributed by atoms with E-state index in [1.807, 2.05) is 32.0 Å². The molecule has 0 aliphatic rings. The van der Waals surface area contributed by atoms with Crippen molar-refractivity contribution in [3.8, 4) is 11.5 Å². The third-order valence-electron chi connectivity index (χ3n) is 3.90. The van der Waals surface area contributed by atoms with Gasteiger partial charge in [0.15, 0.2) is 5.82 Å². The summed E-state index contributed by atoms with van der Waals surface area (Å²) in [5, 5.41) is 11.4. The number of aromatic nitrogens is 3.